The lowest BCUT2D eigenvalue weighted by Gasteiger charge is -2.02. The van der Waals surface area contributed by atoms with Crippen molar-refractivity contribution in [3.63, 3.8) is 0 Å². The summed E-state index contributed by atoms with van der Waals surface area (Å²) in [5.74, 6) is 0. The van der Waals surface area contributed by atoms with E-state index in [2.05, 4.69) is 6.92 Å². The summed E-state index contributed by atoms with van der Waals surface area (Å²) in [6, 6.07) is 0. The quantitative estimate of drug-likeness (QED) is 0.510. The first kappa shape index (κ1) is 17.2. The minimum absolute atomic E-state index is 0.0972. The molecule has 0 rings (SSSR count). The molecular weight excluding hydrogens is 196 g/mol. The predicted octanol–water partition coefficient (Wildman–Crippen LogP) is 0.669. The van der Waals surface area contributed by atoms with E-state index in [1.165, 1.54) is 0 Å². The van der Waals surface area contributed by atoms with Gasteiger partial charge < -0.3 is 20.4 Å². The maximum Gasteiger partial charge on any atom is 0.0770 e. The zero-order valence-electron chi connectivity index (χ0n) is 9.89. The summed E-state index contributed by atoms with van der Waals surface area (Å²) in [5.41, 5.74) is 0. The van der Waals surface area contributed by atoms with Crippen LogP contribution in [0.25, 0.3) is 0 Å². The number of rotatable bonds is 7. The summed E-state index contributed by atoms with van der Waals surface area (Å²) in [6.07, 6.45) is 3.46. The number of aliphatic hydroxyl groups is 4. The second-order valence-corrected chi connectivity index (χ2v) is 3.60. The van der Waals surface area contributed by atoms with Crippen LogP contribution in [-0.2, 0) is 0 Å². The van der Waals surface area contributed by atoms with Crippen molar-refractivity contribution in [2.75, 3.05) is 13.2 Å². The molecule has 0 saturated carbocycles. The van der Waals surface area contributed by atoms with Gasteiger partial charge in [0, 0.05) is 0 Å². The Labute approximate surface area is 92.6 Å². The second kappa shape index (κ2) is 13.8. The van der Waals surface area contributed by atoms with Crippen LogP contribution in [0.2, 0.25) is 0 Å². The smallest absolute Gasteiger partial charge is 0.0770 e. The molecule has 0 aliphatic heterocycles. The molecule has 0 aliphatic rings. The Bertz CT molecular complexity index is 109. The molecule has 0 amide bonds. The molecule has 4 heteroatoms. The van der Waals surface area contributed by atoms with Crippen molar-refractivity contribution in [1.29, 1.82) is 0 Å². The highest BCUT2D eigenvalue weighted by molar-refractivity contribution is 4.50. The number of unbranched alkanes of at least 4 members (excludes halogenated alkanes) is 1. The molecular formula is C11H26O4. The lowest BCUT2D eigenvalue weighted by atomic mass is 10.2. The zero-order chi connectivity index (χ0) is 12.1. The number of hydrogen-bond acceptors (Lipinski definition) is 4. The van der Waals surface area contributed by atoms with E-state index in [1.54, 1.807) is 0 Å². The molecule has 0 aliphatic carbocycles. The molecule has 0 aromatic heterocycles. The molecule has 4 nitrogen and oxygen atoms in total. The highest BCUT2D eigenvalue weighted by Crippen LogP contribution is 1.97. The van der Waals surface area contributed by atoms with Crippen LogP contribution in [0, 0.1) is 0 Å². The summed E-state index contributed by atoms with van der Waals surface area (Å²) in [7, 11) is 0. The van der Waals surface area contributed by atoms with Gasteiger partial charge in [-0.1, -0.05) is 33.1 Å². The maximum absolute atomic E-state index is 8.74. The van der Waals surface area contributed by atoms with Gasteiger partial charge in [-0.3, -0.25) is 0 Å². The third-order valence-electron chi connectivity index (χ3n) is 1.93. The Morgan fingerprint density at radius 1 is 0.800 bits per heavy atom. The monoisotopic (exact) mass is 222 g/mol. The van der Waals surface area contributed by atoms with Crippen LogP contribution in [0.3, 0.4) is 0 Å². The molecule has 0 radical (unpaired) electrons. The molecule has 0 aromatic rings. The first-order valence-corrected chi connectivity index (χ1v) is 5.70. The Hall–Kier alpha value is -0.160. The molecule has 0 aromatic carbocycles. The van der Waals surface area contributed by atoms with Gasteiger partial charge in [0.05, 0.1) is 25.4 Å². The van der Waals surface area contributed by atoms with Gasteiger partial charge in [-0.2, -0.15) is 0 Å². The zero-order valence-corrected chi connectivity index (χ0v) is 9.89. The lowest BCUT2D eigenvalue weighted by Crippen LogP contribution is -2.10. The van der Waals surface area contributed by atoms with Crippen molar-refractivity contribution >= 4 is 0 Å². The Morgan fingerprint density at radius 3 is 1.53 bits per heavy atom. The van der Waals surface area contributed by atoms with E-state index in [0.29, 0.717) is 6.42 Å². The molecule has 15 heavy (non-hydrogen) atoms. The fraction of sp³-hybridized carbons (Fsp3) is 1.00. The standard InChI is InChI=1S/C6H14O2.C5H12O2/c1-2-3-4-6(8)5-7;1-2-3-5(7)4-6/h6-8H,2-5H2,1H3;5-7H,2-4H2,1H3. The molecule has 94 valence electrons. The summed E-state index contributed by atoms with van der Waals surface area (Å²) < 4.78 is 0. The summed E-state index contributed by atoms with van der Waals surface area (Å²) >= 11 is 0. The van der Waals surface area contributed by atoms with Crippen molar-refractivity contribution in [3.05, 3.63) is 0 Å². The fourth-order valence-electron chi connectivity index (χ4n) is 0.956. The molecule has 2 unspecified atom stereocenters. The van der Waals surface area contributed by atoms with Crippen molar-refractivity contribution in [2.45, 2.75) is 58.2 Å². The molecule has 0 saturated heterocycles. The first-order chi connectivity index (χ1) is 7.12. The van der Waals surface area contributed by atoms with Crippen LogP contribution in [-0.4, -0.2) is 45.8 Å². The molecule has 0 bridgehead atoms. The average molecular weight is 222 g/mol. The van der Waals surface area contributed by atoms with Gasteiger partial charge in [-0.15, -0.1) is 0 Å². The molecule has 0 spiro atoms. The molecule has 2 atom stereocenters. The highest BCUT2D eigenvalue weighted by atomic mass is 16.3. The van der Waals surface area contributed by atoms with Crippen LogP contribution in [0.1, 0.15) is 46.0 Å². The molecule has 4 N–H and O–H groups in total. The third-order valence-corrected chi connectivity index (χ3v) is 1.93. The van der Waals surface area contributed by atoms with Gasteiger partial charge in [-0.05, 0) is 12.8 Å². The van der Waals surface area contributed by atoms with E-state index < -0.39 is 12.2 Å². The fourth-order valence-corrected chi connectivity index (χ4v) is 0.956. The van der Waals surface area contributed by atoms with Gasteiger partial charge >= 0.3 is 0 Å². The van der Waals surface area contributed by atoms with Crippen molar-refractivity contribution in [1.82, 2.24) is 0 Å². The molecule has 0 fully saturated rings. The predicted molar refractivity (Wildman–Crippen MR) is 60.6 cm³/mol. The van der Waals surface area contributed by atoms with Crippen LogP contribution in [0.5, 0.6) is 0 Å². The summed E-state index contributed by atoms with van der Waals surface area (Å²) in [4.78, 5) is 0. The van der Waals surface area contributed by atoms with Crippen molar-refractivity contribution < 1.29 is 20.4 Å². The van der Waals surface area contributed by atoms with E-state index in [0.717, 1.165) is 25.7 Å². The largest absolute Gasteiger partial charge is 0.394 e. The van der Waals surface area contributed by atoms with Gasteiger partial charge in [0.15, 0.2) is 0 Å². The van der Waals surface area contributed by atoms with E-state index in [-0.39, 0.29) is 13.2 Å². The van der Waals surface area contributed by atoms with Crippen LogP contribution < -0.4 is 0 Å². The van der Waals surface area contributed by atoms with Crippen LogP contribution >= 0.6 is 0 Å². The van der Waals surface area contributed by atoms with Gasteiger partial charge in [0.25, 0.3) is 0 Å². The van der Waals surface area contributed by atoms with Gasteiger partial charge in [0.1, 0.15) is 0 Å². The van der Waals surface area contributed by atoms with Gasteiger partial charge in [-0.25, -0.2) is 0 Å². The van der Waals surface area contributed by atoms with Crippen LogP contribution in [0.15, 0.2) is 0 Å². The van der Waals surface area contributed by atoms with Crippen LogP contribution in [0.4, 0.5) is 0 Å². The Kier molecular flexibility index (Phi) is 15.9. The maximum atomic E-state index is 8.74. The van der Waals surface area contributed by atoms with E-state index >= 15 is 0 Å². The van der Waals surface area contributed by atoms with Crippen molar-refractivity contribution in [3.8, 4) is 0 Å². The summed E-state index contributed by atoms with van der Waals surface area (Å²) in [5, 5.41) is 33.9. The second-order valence-electron chi connectivity index (χ2n) is 3.60. The average Bonchev–Trinajstić information content (AvgIpc) is 2.26. The SMILES string of the molecule is CCCC(O)CO.CCCCC(O)CO. The van der Waals surface area contributed by atoms with E-state index in [4.69, 9.17) is 20.4 Å². The van der Waals surface area contributed by atoms with E-state index in [1.807, 2.05) is 6.92 Å². The number of aliphatic hydroxyl groups excluding tert-OH is 4. The summed E-state index contributed by atoms with van der Waals surface area (Å²) in [6.45, 7) is 3.83. The normalized spacial score (nSPS) is 14.0. The topological polar surface area (TPSA) is 80.9 Å². The Morgan fingerprint density at radius 2 is 1.27 bits per heavy atom. The Balaban J connectivity index is 0. The third kappa shape index (κ3) is 16.5. The minimum Gasteiger partial charge on any atom is -0.394 e. The minimum atomic E-state index is -0.495. The van der Waals surface area contributed by atoms with Crippen molar-refractivity contribution in [2.24, 2.45) is 0 Å². The lowest BCUT2D eigenvalue weighted by molar-refractivity contribution is 0.0865. The van der Waals surface area contributed by atoms with Gasteiger partial charge in [0.2, 0.25) is 0 Å². The van der Waals surface area contributed by atoms with E-state index in [9.17, 15) is 0 Å². The molecule has 0 heterocycles. The number of hydrogen-bond donors (Lipinski definition) is 4. The highest BCUT2D eigenvalue weighted by Gasteiger charge is 1.97. The first-order valence-electron chi connectivity index (χ1n) is 5.70.